The molecular formula is C32H37Cl3SiTi. The van der Waals surface area contributed by atoms with Gasteiger partial charge in [-0.1, -0.05) is 0 Å². The monoisotopic (exact) mass is 602 g/mol. The van der Waals surface area contributed by atoms with Crippen molar-refractivity contribution >= 4 is 51.5 Å². The van der Waals surface area contributed by atoms with Gasteiger partial charge in [0, 0.05) is 0 Å². The van der Waals surface area contributed by atoms with Gasteiger partial charge in [-0.15, -0.1) is 0 Å². The molecule has 0 aromatic heterocycles. The van der Waals surface area contributed by atoms with Crippen LogP contribution in [0.15, 0.2) is 83.0 Å². The van der Waals surface area contributed by atoms with E-state index in [1.807, 2.05) is 0 Å². The minimum absolute atomic E-state index is 0.637. The third kappa shape index (κ3) is 4.21. The zero-order chi connectivity index (χ0) is 27.5. The maximum absolute atomic E-state index is 7.53. The average Bonchev–Trinajstić information content (AvgIpc) is 2.99. The van der Waals surface area contributed by atoms with Crippen molar-refractivity contribution in [2.75, 3.05) is 0 Å². The Morgan fingerprint density at radius 3 is 1.43 bits per heavy atom. The van der Waals surface area contributed by atoms with Crippen LogP contribution < -0.4 is 15.6 Å². The van der Waals surface area contributed by atoms with Crippen molar-refractivity contribution in [1.29, 1.82) is 0 Å². The molecule has 0 saturated heterocycles. The van der Waals surface area contributed by atoms with E-state index in [1.54, 1.807) is 0 Å². The zero-order valence-corrected chi connectivity index (χ0v) is 28.2. The topological polar surface area (TPSA) is 0 Å². The van der Waals surface area contributed by atoms with Gasteiger partial charge < -0.3 is 0 Å². The molecule has 0 bridgehead atoms. The summed E-state index contributed by atoms with van der Waals surface area (Å²) in [6.07, 6.45) is 0. The Morgan fingerprint density at radius 1 is 0.568 bits per heavy atom. The average molecular weight is 604 g/mol. The molecule has 0 aliphatic heterocycles. The van der Waals surface area contributed by atoms with Gasteiger partial charge in [-0.05, 0) is 0 Å². The Kier molecular flexibility index (Phi) is 7.95. The quantitative estimate of drug-likeness (QED) is 0.202. The normalized spacial score (nSPS) is 17.4. The first-order valence-corrected chi connectivity index (χ1v) is 22.1. The molecular weight excluding hydrogens is 567 g/mol. The molecule has 0 heterocycles. The van der Waals surface area contributed by atoms with Gasteiger partial charge in [0.05, 0.1) is 0 Å². The van der Waals surface area contributed by atoms with Crippen LogP contribution in [0.2, 0.25) is 3.34 Å². The second kappa shape index (κ2) is 10.2. The summed E-state index contributed by atoms with van der Waals surface area (Å²) < 4.78 is -0.637. The molecule has 3 aromatic carbocycles. The fraction of sp³-hybridized carbons (Fsp3) is 0.312. The summed E-state index contributed by atoms with van der Waals surface area (Å²) in [5, 5.41) is 3.93. The van der Waals surface area contributed by atoms with Crippen molar-refractivity contribution in [3.63, 3.8) is 0 Å². The number of hydrogen-bond donors (Lipinski definition) is 0. The van der Waals surface area contributed by atoms with Crippen LogP contribution in [-0.2, 0) is 13.4 Å². The van der Waals surface area contributed by atoms with E-state index in [9.17, 15) is 0 Å². The van der Waals surface area contributed by atoms with Crippen molar-refractivity contribution in [2.45, 2.75) is 65.7 Å². The summed E-state index contributed by atoms with van der Waals surface area (Å²) in [5.74, 6) is 0. The minimum atomic E-state index is -4.15. The molecule has 0 nitrogen and oxygen atoms in total. The van der Waals surface area contributed by atoms with E-state index in [-0.39, 0.29) is 0 Å². The SMILES string of the molecule is CC1=C(C)[C]([Si](c2ccccc2)(c2cc(C)cc(C)c2)c2cc(C)c(C)c(C)c2)([Ti]([Cl])([Cl])[Cl])C(C)=C1C. The number of aryl methyl sites for hydroxylation is 4. The molecule has 4 rings (SSSR count). The van der Waals surface area contributed by atoms with Gasteiger partial charge in [-0.3, -0.25) is 0 Å². The molecule has 194 valence electrons. The van der Waals surface area contributed by atoms with E-state index in [0.717, 1.165) is 0 Å². The maximum atomic E-state index is 7.53. The van der Waals surface area contributed by atoms with Crippen molar-refractivity contribution < 1.29 is 13.4 Å². The van der Waals surface area contributed by atoms with E-state index in [2.05, 4.69) is 123 Å². The number of benzene rings is 3. The Labute approximate surface area is 239 Å². The first kappa shape index (κ1) is 28.9. The molecule has 1 unspecified atom stereocenters. The van der Waals surface area contributed by atoms with Gasteiger partial charge in [0.1, 0.15) is 0 Å². The molecule has 0 saturated carbocycles. The van der Waals surface area contributed by atoms with Crippen LogP contribution in [0.1, 0.15) is 55.5 Å². The van der Waals surface area contributed by atoms with Gasteiger partial charge in [0.15, 0.2) is 0 Å². The standard InChI is InChI=1S/C32H37Si.3ClH.Ti/c1-20-15-21(2)17-30(16-20)33(29-13-11-10-12-14-29,31-18-22(3)24(5)23(4)19-31)32-27(8)25(6)26(7)28(32)9;;;;/h10-19H,1-9H3;3*1H;/q;;;;+3/p-3. The third-order valence-corrected chi connectivity index (χ3v) is 25.7. The van der Waals surface area contributed by atoms with Crippen molar-refractivity contribution in [3.05, 3.63) is 111 Å². The van der Waals surface area contributed by atoms with Gasteiger partial charge in [-0.2, -0.15) is 0 Å². The number of hydrogen-bond acceptors (Lipinski definition) is 0. The van der Waals surface area contributed by atoms with Gasteiger partial charge >= 0.3 is 241 Å². The molecule has 1 aliphatic rings. The molecule has 0 N–H and O–H groups in total. The first-order chi connectivity index (χ1) is 17.2. The van der Waals surface area contributed by atoms with Crippen molar-refractivity contribution in [1.82, 2.24) is 0 Å². The Hall–Kier alpha value is -1.06. The third-order valence-electron chi connectivity index (χ3n) is 9.02. The summed E-state index contributed by atoms with van der Waals surface area (Å²) in [7, 11) is 19.5. The van der Waals surface area contributed by atoms with Crippen LogP contribution in [0.5, 0.6) is 0 Å². The van der Waals surface area contributed by atoms with Crippen LogP contribution in [0.4, 0.5) is 0 Å². The summed E-state index contributed by atoms with van der Waals surface area (Å²) in [6.45, 7) is 19.9. The molecule has 1 atom stereocenters. The van der Waals surface area contributed by atoms with Crippen LogP contribution in [0.3, 0.4) is 0 Å². The number of rotatable bonds is 5. The predicted octanol–water partition coefficient (Wildman–Crippen LogP) is 8.70. The molecule has 0 fully saturated rings. The van der Waals surface area contributed by atoms with E-state index in [1.165, 1.54) is 65.7 Å². The fourth-order valence-electron chi connectivity index (χ4n) is 6.89. The summed E-state index contributed by atoms with van der Waals surface area (Å²) in [6, 6.07) is 22.8. The summed E-state index contributed by atoms with van der Waals surface area (Å²) in [5.41, 5.74) is 11.4. The Bertz CT molecular complexity index is 1380. The predicted molar refractivity (Wildman–Crippen MR) is 165 cm³/mol. The fourth-order valence-corrected chi connectivity index (χ4v) is 28.3. The van der Waals surface area contributed by atoms with E-state index < -0.39 is 24.8 Å². The molecule has 0 amide bonds. The molecule has 5 heteroatoms. The zero-order valence-electron chi connectivity index (χ0n) is 23.4. The molecule has 1 aliphatic carbocycles. The van der Waals surface area contributed by atoms with Crippen molar-refractivity contribution in [3.8, 4) is 0 Å². The van der Waals surface area contributed by atoms with Gasteiger partial charge in [-0.25, -0.2) is 0 Å². The van der Waals surface area contributed by atoms with Crippen LogP contribution in [-0.4, -0.2) is 8.07 Å². The van der Waals surface area contributed by atoms with E-state index in [4.69, 9.17) is 27.9 Å². The van der Waals surface area contributed by atoms with Gasteiger partial charge in [0.2, 0.25) is 0 Å². The van der Waals surface area contributed by atoms with Crippen LogP contribution >= 0.6 is 27.9 Å². The molecule has 3 aromatic rings. The van der Waals surface area contributed by atoms with Crippen LogP contribution in [0.25, 0.3) is 0 Å². The van der Waals surface area contributed by atoms with E-state index >= 15 is 0 Å². The van der Waals surface area contributed by atoms with Crippen LogP contribution in [0, 0.1) is 34.6 Å². The second-order valence-corrected chi connectivity index (χ2v) is 27.9. The molecule has 37 heavy (non-hydrogen) atoms. The molecule has 0 radical (unpaired) electrons. The number of halogens is 3. The number of allylic oxidation sites excluding steroid dienone is 4. The first-order valence-electron chi connectivity index (χ1n) is 12.9. The van der Waals surface area contributed by atoms with E-state index in [0.29, 0.717) is 0 Å². The van der Waals surface area contributed by atoms with Gasteiger partial charge in [0.25, 0.3) is 0 Å². The van der Waals surface area contributed by atoms with Crippen molar-refractivity contribution in [2.24, 2.45) is 0 Å². The Morgan fingerprint density at radius 2 is 1.00 bits per heavy atom. The Balaban J connectivity index is 2.42. The molecule has 0 spiro atoms. The summed E-state index contributed by atoms with van der Waals surface area (Å²) in [4.78, 5) is 0. The second-order valence-electron chi connectivity index (χ2n) is 11.0. The summed E-state index contributed by atoms with van der Waals surface area (Å²) >= 11 is -4.15.